The van der Waals surface area contributed by atoms with Gasteiger partial charge in [-0.3, -0.25) is 10.00 Å². The topological polar surface area (TPSA) is 56.1 Å². The van der Waals surface area contributed by atoms with Crippen LogP contribution in [0.15, 0.2) is 66.9 Å². The van der Waals surface area contributed by atoms with Crippen LogP contribution in [0.4, 0.5) is 10.5 Å². The Morgan fingerprint density at radius 1 is 1.04 bits per heavy atom. The maximum atomic E-state index is 12.3. The van der Waals surface area contributed by atoms with E-state index in [2.05, 4.69) is 37.1 Å². The first-order valence-corrected chi connectivity index (χ1v) is 13.2. The Balaban J connectivity index is 1.77. The fourth-order valence-corrected chi connectivity index (χ4v) is 3.48. The summed E-state index contributed by atoms with van der Waals surface area (Å²) < 4.78 is 7.23. The monoisotopic (exact) mass is 393 g/mol. The number of carbonyl (C=O) groups excluding carboxylic acids is 1. The van der Waals surface area contributed by atoms with Crippen LogP contribution in [0.1, 0.15) is 5.56 Å². The van der Waals surface area contributed by atoms with Gasteiger partial charge in [-0.05, 0) is 11.6 Å². The molecule has 0 saturated carbocycles. The number of benzene rings is 2. The number of nitrogens with one attached hydrogen (secondary N) is 1. The van der Waals surface area contributed by atoms with Gasteiger partial charge in [0.15, 0.2) is 0 Å². The van der Waals surface area contributed by atoms with Crippen LogP contribution in [0.25, 0.3) is 11.3 Å². The number of anilines is 1. The van der Waals surface area contributed by atoms with E-state index in [1.807, 2.05) is 59.4 Å². The molecule has 5 nitrogen and oxygen atoms in total. The third kappa shape index (κ3) is 5.82. The molecule has 1 N–H and O–H groups in total. The normalized spacial score (nSPS) is 11.2. The minimum Gasteiger partial charge on any atom is -0.450 e. The molecule has 0 bridgehead atoms. The van der Waals surface area contributed by atoms with Crippen LogP contribution >= 0.6 is 0 Å². The van der Waals surface area contributed by atoms with Crippen molar-refractivity contribution in [2.24, 2.45) is 0 Å². The first-order chi connectivity index (χ1) is 13.4. The molecule has 0 aliphatic heterocycles. The highest BCUT2D eigenvalue weighted by Gasteiger charge is 2.17. The summed E-state index contributed by atoms with van der Waals surface area (Å²) >= 11 is 0. The quantitative estimate of drug-likeness (QED) is 0.540. The van der Waals surface area contributed by atoms with Crippen LogP contribution in [-0.4, -0.2) is 30.6 Å². The second kappa shape index (κ2) is 8.88. The van der Waals surface area contributed by atoms with Gasteiger partial charge in [0, 0.05) is 19.8 Å². The summed E-state index contributed by atoms with van der Waals surface area (Å²) in [5.41, 5.74) is 3.49. The SMILES string of the molecule is C[Si](C)(C)CCOC(=O)Nc1cn(Cc2ccccc2)nc1-c1ccccc1. The first kappa shape index (κ1) is 19.9. The summed E-state index contributed by atoms with van der Waals surface area (Å²) in [6, 6.07) is 20.9. The van der Waals surface area contributed by atoms with E-state index in [4.69, 9.17) is 9.84 Å². The third-order valence-electron chi connectivity index (χ3n) is 4.32. The van der Waals surface area contributed by atoms with E-state index in [0.29, 0.717) is 18.8 Å². The number of amides is 1. The van der Waals surface area contributed by atoms with Crippen LogP contribution in [0.3, 0.4) is 0 Å². The molecule has 146 valence electrons. The van der Waals surface area contributed by atoms with E-state index in [-0.39, 0.29) is 0 Å². The highest BCUT2D eigenvalue weighted by Crippen LogP contribution is 2.27. The Morgan fingerprint density at radius 2 is 1.68 bits per heavy atom. The Hall–Kier alpha value is -2.86. The molecule has 1 amide bonds. The molecule has 0 radical (unpaired) electrons. The molecule has 0 atom stereocenters. The fraction of sp³-hybridized carbons (Fsp3) is 0.273. The van der Waals surface area contributed by atoms with Crippen LogP contribution in [0, 0.1) is 0 Å². The van der Waals surface area contributed by atoms with Crippen molar-refractivity contribution in [3.8, 4) is 11.3 Å². The molecule has 3 aromatic rings. The van der Waals surface area contributed by atoms with Crippen LogP contribution < -0.4 is 5.32 Å². The lowest BCUT2D eigenvalue weighted by molar-refractivity contribution is 0.167. The molecule has 6 heteroatoms. The largest absolute Gasteiger partial charge is 0.450 e. The van der Waals surface area contributed by atoms with E-state index in [0.717, 1.165) is 22.9 Å². The Bertz CT molecular complexity index is 903. The van der Waals surface area contributed by atoms with Gasteiger partial charge >= 0.3 is 6.09 Å². The molecule has 1 heterocycles. The summed E-state index contributed by atoms with van der Waals surface area (Å²) in [4.78, 5) is 12.3. The predicted octanol–water partition coefficient (Wildman–Crippen LogP) is 5.49. The van der Waals surface area contributed by atoms with Crippen molar-refractivity contribution in [1.82, 2.24) is 9.78 Å². The molecular formula is C22H27N3O2Si. The van der Waals surface area contributed by atoms with E-state index in [1.54, 1.807) is 0 Å². The number of carbonyl (C=O) groups is 1. The van der Waals surface area contributed by atoms with Crippen LogP contribution in [-0.2, 0) is 11.3 Å². The smallest absolute Gasteiger partial charge is 0.411 e. The molecule has 0 fully saturated rings. The number of hydrogen-bond acceptors (Lipinski definition) is 3. The lowest BCUT2D eigenvalue weighted by atomic mass is 10.1. The molecule has 0 aliphatic carbocycles. The summed E-state index contributed by atoms with van der Waals surface area (Å²) in [6.45, 7) is 7.85. The molecule has 1 aromatic heterocycles. The zero-order valence-corrected chi connectivity index (χ0v) is 17.7. The number of ether oxygens (including phenoxy) is 1. The van der Waals surface area contributed by atoms with E-state index < -0.39 is 14.2 Å². The molecular weight excluding hydrogens is 366 g/mol. The number of nitrogens with zero attached hydrogens (tertiary/aromatic N) is 2. The first-order valence-electron chi connectivity index (χ1n) is 9.51. The second-order valence-electron chi connectivity index (χ2n) is 8.01. The minimum atomic E-state index is -1.24. The van der Waals surface area contributed by atoms with Gasteiger partial charge in [-0.2, -0.15) is 5.10 Å². The summed E-state index contributed by atoms with van der Waals surface area (Å²) in [5.74, 6) is 0. The molecule has 2 aromatic carbocycles. The molecule has 0 aliphatic rings. The van der Waals surface area contributed by atoms with Gasteiger partial charge in [0.05, 0.1) is 18.8 Å². The van der Waals surface area contributed by atoms with Gasteiger partial charge in [0.2, 0.25) is 0 Å². The molecule has 0 saturated heterocycles. The van der Waals surface area contributed by atoms with Gasteiger partial charge in [0.1, 0.15) is 5.69 Å². The van der Waals surface area contributed by atoms with Crippen molar-refractivity contribution < 1.29 is 9.53 Å². The van der Waals surface area contributed by atoms with Crippen LogP contribution in [0.2, 0.25) is 25.7 Å². The third-order valence-corrected chi connectivity index (χ3v) is 6.02. The summed E-state index contributed by atoms with van der Waals surface area (Å²) in [7, 11) is -1.24. The highest BCUT2D eigenvalue weighted by molar-refractivity contribution is 6.76. The summed E-state index contributed by atoms with van der Waals surface area (Å²) in [5, 5.41) is 7.57. The standard InChI is InChI=1S/C22H27N3O2Si/c1-28(2,3)15-14-27-22(26)23-20-17-25(16-18-10-6-4-7-11-18)24-21(20)19-12-8-5-9-13-19/h4-13,17H,14-16H2,1-3H3,(H,23,26). The Labute approximate surface area is 167 Å². The van der Waals surface area contributed by atoms with E-state index in [9.17, 15) is 4.79 Å². The predicted molar refractivity (Wildman–Crippen MR) is 116 cm³/mol. The summed E-state index contributed by atoms with van der Waals surface area (Å²) in [6.07, 6.45) is 1.42. The second-order valence-corrected chi connectivity index (χ2v) is 13.6. The Morgan fingerprint density at radius 3 is 2.32 bits per heavy atom. The fourth-order valence-electron chi connectivity index (χ4n) is 2.77. The van der Waals surface area contributed by atoms with Gasteiger partial charge in [-0.25, -0.2) is 4.79 Å². The van der Waals surface area contributed by atoms with Crippen molar-refractivity contribution in [2.45, 2.75) is 32.2 Å². The van der Waals surface area contributed by atoms with Gasteiger partial charge in [-0.15, -0.1) is 0 Å². The van der Waals surface area contributed by atoms with Crippen molar-refractivity contribution in [3.05, 3.63) is 72.4 Å². The van der Waals surface area contributed by atoms with Crippen molar-refractivity contribution in [1.29, 1.82) is 0 Å². The van der Waals surface area contributed by atoms with Gasteiger partial charge in [0.25, 0.3) is 0 Å². The molecule has 3 rings (SSSR count). The minimum absolute atomic E-state index is 0.435. The maximum Gasteiger partial charge on any atom is 0.411 e. The maximum absolute atomic E-state index is 12.3. The lowest BCUT2D eigenvalue weighted by Gasteiger charge is -2.15. The van der Waals surface area contributed by atoms with E-state index >= 15 is 0 Å². The zero-order valence-electron chi connectivity index (χ0n) is 16.7. The van der Waals surface area contributed by atoms with Crippen LogP contribution in [0.5, 0.6) is 0 Å². The Kier molecular flexibility index (Phi) is 6.31. The van der Waals surface area contributed by atoms with Crippen molar-refractivity contribution in [2.75, 3.05) is 11.9 Å². The number of aromatic nitrogens is 2. The van der Waals surface area contributed by atoms with Gasteiger partial charge in [-0.1, -0.05) is 80.3 Å². The molecule has 0 unspecified atom stereocenters. The van der Waals surface area contributed by atoms with E-state index in [1.165, 1.54) is 0 Å². The van der Waals surface area contributed by atoms with Crippen molar-refractivity contribution in [3.63, 3.8) is 0 Å². The highest BCUT2D eigenvalue weighted by atomic mass is 28.3. The average molecular weight is 394 g/mol. The van der Waals surface area contributed by atoms with Gasteiger partial charge < -0.3 is 4.74 Å². The average Bonchev–Trinajstić information content (AvgIpc) is 3.04. The number of rotatable bonds is 7. The molecule has 28 heavy (non-hydrogen) atoms. The molecule has 0 spiro atoms. The zero-order chi connectivity index (χ0) is 20.0. The number of hydrogen-bond donors (Lipinski definition) is 1. The lowest BCUT2D eigenvalue weighted by Crippen LogP contribution is -2.24. The van der Waals surface area contributed by atoms with Crippen molar-refractivity contribution >= 4 is 19.9 Å².